The van der Waals surface area contributed by atoms with E-state index in [4.69, 9.17) is 23.2 Å². The monoisotopic (exact) mass is 214 g/mol. The molecule has 5 heteroatoms. The molecule has 66 valence electrons. The van der Waals surface area contributed by atoms with E-state index < -0.39 is 17.8 Å². The van der Waals surface area contributed by atoms with Gasteiger partial charge in [0.15, 0.2) is 0 Å². The summed E-state index contributed by atoms with van der Waals surface area (Å²) < 4.78 is 36.6. The normalized spacial score (nSPS) is 10.8. The molecule has 0 saturated heterocycles. The molecule has 0 unspecified atom stereocenters. The van der Waals surface area contributed by atoms with Gasteiger partial charge in [0.2, 0.25) is 0 Å². The molecule has 0 N–H and O–H groups in total. The van der Waals surface area contributed by atoms with Crippen LogP contribution >= 0.6 is 23.2 Å². The summed E-state index contributed by atoms with van der Waals surface area (Å²) in [6.07, 6.45) is -2.74. The van der Waals surface area contributed by atoms with Crippen molar-refractivity contribution in [3.63, 3.8) is 0 Å². The van der Waals surface area contributed by atoms with E-state index in [1.54, 1.807) is 0 Å². The zero-order valence-electron chi connectivity index (χ0n) is 5.62. The molecule has 0 aliphatic rings. The van der Waals surface area contributed by atoms with Gasteiger partial charge in [0.1, 0.15) is 5.82 Å². The summed E-state index contributed by atoms with van der Waals surface area (Å²) in [5, 5.41) is -0.534. The van der Waals surface area contributed by atoms with Gasteiger partial charge in [-0.3, -0.25) is 0 Å². The molecule has 1 rings (SSSR count). The van der Waals surface area contributed by atoms with Gasteiger partial charge in [0.05, 0.1) is 10.0 Å². The van der Waals surface area contributed by atoms with Crippen LogP contribution in [0.15, 0.2) is 12.1 Å². The van der Waals surface area contributed by atoms with Gasteiger partial charge in [-0.25, -0.2) is 13.2 Å². The third-order valence-electron chi connectivity index (χ3n) is 1.26. The first-order valence-electron chi connectivity index (χ1n) is 2.95. The summed E-state index contributed by atoms with van der Waals surface area (Å²) in [6, 6.07) is 1.61. The third-order valence-corrected chi connectivity index (χ3v) is 2.04. The number of benzene rings is 1. The Morgan fingerprint density at radius 3 is 2.17 bits per heavy atom. The Labute approximate surface area is 76.9 Å². The Morgan fingerprint density at radius 1 is 1.17 bits per heavy atom. The lowest BCUT2D eigenvalue weighted by Gasteiger charge is -2.02. The van der Waals surface area contributed by atoms with Crippen LogP contribution in [0.5, 0.6) is 0 Å². The average molecular weight is 215 g/mol. The summed E-state index contributed by atoms with van der Waals surface area (Å²) in [5.41, 5.74) is -0.470. The molecule has 0 radical (unpaired) electrons. The molecular weight excluding hydrogens is 212 g/mol. The minimum absolute atomic E-state index is 0.202. The van der Waals surface area contributed by atoms with Crippen molar-refractivity contribution in [2.75, 3.05) is 0 Å². The molecule has 0 atom stereocenters. The standard InChI is InChI=1S/C7H3Cl2F3/c8-4-1-3(7(11)12)2-5(10)6(4)9/h1-2,7H. The Bertz CT molecular complexity index is 276. The molecule has 0 aliphatic carbocycles. The molecule has 12 heavy (non-hydrogen) atoms. The van der Waals surface area contributed by atoms with Crippen LogP contribution in [0.1, 0.15) is 12.0 Å². The van der Waals surface area contributed by atoms with Crippen molar-refractivity contribution < 1.29 is 13.2 Å². The molecule has 0 aliphatic heterocycles. The van der Waals surface area contributed by atoms with Gasteiger partial charge in [-0.1, -0.05) is 23.2 Å². The zero-order valence-corrected chi connectivity index (χ0v) is 7.13. The number of hydrogen-bond acceptors (Lipinski definition) is 0. The molecule has 0 nitrogen and oxygen atoms in total. The molecule has 0 fully saturated rings. The van der Waals surface area contributed by atoms with Crippen LogP contribution in [0, 0.1) is 5.82 Å². The smallest absolute Gasteiger partial charge is 0.205 e. The molecule has 0 bridgehead atoms. The first kappa shape index (κ1) is 9.68. The van der Waals surface area contributed by atoms with Gasteiger partial charge in [-0.15, -0.1) is 0 Å². The van der Waals surface area contributed by atoms with E-state index in [-0.39, 0.29) is 10.0 Å². The lowest BCUT2D eigenvalue weighted by molar-refractivity contribution is 0.151. The van der Waals surface area contributed by atoms with Crippen molar-refractivity contribution in [2.45, 2.75) is 6.43 Å². The highest BCUT2D eigenvalue weighted by Gasteiger charge is 2.13. The van der Waals surface area contributed by atoms with Crippen LogP contribution in [-0.4, -0.2) is 0 Å². The van der Waals surface area contributed by atoms with E-state index in [0.29, 0.717) is 6.07 Å². The van der Waals surface area contributed by atoms with E-state index in [9.17, 15) is 13.2 Å². The Morgan fingerprint density at radius 2 is 1.75 bits per heavy atom. The second-order valence-corrected chi connectivity index (χ2v) is 2.88. The molecule has 0 amide bonds. The Kier molecular flexibility index (Phi) is 2.85. The first-order valence-corrected chi connectivity index (χ1v) is 3.70. The summed E-state index contributed by atoms with van der Waals surface area (Å²) >= 11 is 10.7. The van der Waals surface area contributed by atoms with E-state index in [2.05, 4.69) is 0 Å². The number of halogens is 5. The predicted molar refractivity (Wildman–Crippen MR) is 41.4 cm³/mol. The van der Waals surface area contributed by atoms with Crippen molar-refractivity contribution in [3.05, 3.63) is 33.6 Å². The van der Waals surface area contributed by atoms with Crippen molar-refractivity contribution in [3.8, 4) is 0 Å². The lowest BCUT2D eigenvalue weighted by Crippen LogP contribution is -1.87. The molecule has 1 aromatic carbocycles. The summed E-state index contributed by atoms with van der Waals surface area (Å²) in [5.74, 6) is -0.931. The summed E-state index contributed by atoms with van der Waals surface area (Å²) in [7, 11) is 0. The quantitative estimate of drug-likeness (QED) is 0.619. The zero-order chi connectivity index (χ0) is 9.30. The minimum Gasteiger partial charge on any atom is -0.205 e. The van der Waals surface area contributed by atoms with Gasteiger partial charge in [-0.2, -0.15) is 0 Å². The molecule has 1 aromatic rings. The molecule has 0 saturated carbocycles. The van der Waals surface area contributed by atoms with E-state index in [1.807, 2.05) is 0 Å². The minimum atomic E-state index is -2.74. The van der Waals surface area contributed by atoms with E-state index in [1.165, 1.54) is 0 Å². The fourth-order valence-electron chi connectivity index (χ4n) is 0.701. The van der Waals surface area contributed by atoms with Crippen LogP contribution in [0.4, 0.5) is 13.2 Å². The number of rotatable bonds is 1. The highest BCUT2D eigenvalue weighted by atomic mass is 35.5. The maximum Gasteiger partial charge on any atom is 0.264 e. The highest BCUT2D eigenvalue weighted by molar-refractivity contribution is 6.42. The van der Waals surface area contributed by atoms with Crippen molar-refractivity contribution in [2.24, 2.45) is 0 Å². The molecule has 0 spiro atoms. The fourth-order valence-corrected chi connectivity index (χ4v) is 1.03. The average Bonchev–Trinajstić information content (AvgIpc) is 1.99. The number of alkyl halides is 2. The van der Waals surface area contributed by atoms with Crippen molar-refractivity contribution in [1.29, 1.82) is 0 Å². The van der Waals surface area contributed by atoms with Crippen molar-refractivity contribution >= 4 is 23.2 Å². The van der Waals surface area contributed by atoms with Crippen LogP contribution in [0.3, 0.4) is 0 Å². The van der Waals surface area contributed by atoms with Crippen LogP contribution in [0.2, 0.25) is 10.0 Å². The lowest BCUT2D eigenvalue weighted by atomic mass is 10.2. The highest BCUT2D eigenvalue weighted by Crippen LogP contribution is 2.30. The SMILES string of the molecule is Fc1cc(C(F)F)cc(Cl)c1Cl. The number of hydrogen-bond donors (Lipinski definition) is 0. The van der Waals surface area contributed by atoms with Gasteiger partial charge in [-0.05, 0) is 12.1 Å². The summed E-state index contributed by atoms with van der Waals surface area (Å²) in [4.78, 5) is 0. The maximum absolute atomic E-state index is 12.7. The van der Waals surface area contributed by atoms with Crippen LogP contribution in [-0.2, 0) is 0 Å². The second-order valence-electron chi connectivity index (χ2n) is 2.10. The van der Waals surface area contributed by atoms with Crippen LogP contribution < -0.4 is 0 Å². The largest absolute Gasteiger partial charge is 0.264 e. The first-order chi connectivity index (χ1) is 5.52. The molecule has 0 heterocycles. The molecule has 0 aromatic heterocycles. The fraction of sp³-hybridized carbons (Fsp3) is 0.143. The predicted octanol–water partition coefficient (Wildman–Crippen LogP) is 4.07. The summed E-state index contributed by atoms with van der Waals surface area (Å²) in [6.45, 7) is 0. The molecular formula is C7H3Cl2F3. The van der Waals surface area contributed by atoms with E-state index in [0.717, 1.165) is 6.07 Å². The topological polar surface area (TPSA) is 0 Å². The Balaban J connectivity index is 3.21. The van der Waals surface area contributed by atoms with Gasteiger partial charge in [0, 0.05) is 5.56 Å². The second kappa shape index (κ2) is 3.54. The van der Waals surface area contributed by atoms with Gasteiger partial charge in [0.25, 0.3) is 6.43 Å². The van der Waals surface area contributed by atoms with Crippen molar-refractivity contribution in [1.82, 2.24) is 0 Å². The van der Waals surface area contributed by atoms with Gasteiger partial charge >= 0.3 is 0 Å². The van der Waals surface area contributed by atoms with Gasteiger partial charge < -0.3 is 0 Å². The Hall–Kier alpha value is -0.410. The third kappa shape index (κ3) is 1.84. The maximum atomic E-state index is 12.7. The van der Waals surface area contributed by atoms with Crippen LogP contribution in [0.25, 0.3) is 0 Å². The van der Waals surface area contributed by atoms with E-state index >= 15 is 0 Å².